The summed E-state index contributed by atoms with van der Waals surface area (Å²) in [7, 11) is 0. The quantitative estimate of drug-likeness (QED) is 0.542. The van der Waals surface area contributed by atoms with Crippen molar-refractivity contribution in [1.82, 2.24) is 14.8 Å². The van der Waals surface area contributed by atoms with Gasteiger partial charge in [-0.25, -0.2) is 0 Å². The summed E-state index contributed by atoms with van der Waals surface area (Å²) < 4.78 is 2.07. The van der Waals surface area contributed by atoms with Gasteiger partial charge < -0.3 is 0 Å². The lowest BCUT2D eigenvalue weighted by Gasteiger charge is -2.21. The molecule has 0 saturated heterocycles. The summed E-state index contributed by atoms with van der Waals surface area (Å²) in [4.78, 5) is 0. The number of aromatic nitrogens is 3. The summed E-state index contributed by atoms with van der Waals surface area (Å²) in [6.45, 7) is 0. The lowest BCUT2D eigenvalue weighted by atomic mass is 9.85. The van der Waals surface area contributed by atoms with E-state index < -0.39 is 0 Å². The minimum atomic E-state index is 0.103. The molecule has 3 aromatic carbocycles. The van der Waals surface area contributed by atoms with Crippen LogP contribution in [0, 0.1) is 0 Å². The molecule has 0 N–H and O–H groups in total. The predicted octanol–water partition coefficient (Wildman–Crippen LogP) is 4.58. The maximum absolute atomic E-state index is 4.44. The molecule has 1 aliphatic carbocycles. The lowest BCUT2D eigenvalue weighted by Crippen LogP contribution is -2.10. The molecule has 0 radical (unpaired) electrons. The number of para-hydroxylation sites is 1. The number of nitrogens with zero attached hydrogens (tertiary/aromatic N) is 3. The van der Waals surface area contributed by atoms with Crippen LogP contribution >= 0.6 is 0 Å². The molecule has 3 heteroatoms. The van der Waals surface area contributed by atoms with Gasteiger partial charge in [-0.1, -0.05) is 66.7 Å². The Morgan fingerprint density at radius 1 is 0.833 bits per heavy atom. The normalized spacial score (nSPS) is 15.8. The van der Waals surface area contributed by atoms with Crippen LogP contribution in [0.2, 0.25) is 0 Å². The summed E-state index contributed by atoms with van der Waals surface area (Å²) >= 11 is 0. The van der Waals surface area contributed by atoms with Gasteiger partial charge in [-0.3, -0.25) is 4.57 Å². The van der Waals surface area contributed by atoms with E-state index in [2.05, 4.69) is 75.4 Å². The smallest absolute Gasteiger partial charge is 0.148 e. The average Bonchev–Trinajstić information content (AvgIpc) is 3.13. The molecule has 0 fully saturated rings. The molecule has 0 amide bonds. The third-order valence-corrected chi connectivity index (χ3v) is 4.66. The van der Waals surface area contributed by atoms with E-state index in [4.69, 9.17) is 0 Å². The van der Waals surface area contributed by atoms with Crippen LogP contribution < -0.4 is 0 Å². The van der Waals surface area contributed by atoms with Gasteiger partial charge in [0, 0.05) is 5.69 Å². The first-order chi connectivity index (χ1) is 11.9. The van der Waals surface area contributed by atoms with Gasteiger partial charge in [0.25, 0.3) is 0 Å². The first-order valence-electron chi connectivity index (χ1n) is 8.07. The molecule has 1 atom stereocenters. The average molecular weight is 309 g/mol. The van der Waals surface area contributed by atoms with Gasteiger partial charge in [0.1, 0.15) is 12.2 Å². The second-order valence-corrected chi connectivity index (χ2v) is 6.02. The molecular formula is C21H15N3. The minimum Gasteiger partial charge on any atom is -0.285 e. The first kappa shape index (κ1) is 13.3. The van der Waals surface area contributed by atoms with Crippen LogP contribution in [0.15, 0.2) is 79.1 Å². The highest BCUT2D eigenvalue weighted by atomic mass is 15.3. The van der Waals surface area contributed by atoms with Gasteiger partial charge in [-0.2, -0.15) is 0 Å². The SMILES string of the molecule is C1=CC(c2nncn2-c2ccccc2)c2cccc3cccc1c23. The van der Waals surface area contributed by atoms with Crippen molar-refractivity contribution in [2.45, 2.75) is 5.92 Å². The Morgan fingerprint density at radius 3 is 2.54 bits per heavy atom. The van der Waals surface area contributed by atoms with E-state index in [1.165, 1.54) is 21.9 Å². The summed E-state index contributed by atoms with van der Waals surface area (Å²) in [6, 6.07) is 23.2. The highest BCUT2D eigenvalue weighted by molar-refractivity contribution is 5.96. The van der Waals surface area contributed by atoms with Crippen LogP contribution in [0.3, 0.4) is 0 Å². The van der Waals surface area contributed by atoms with Crippen molar-refractivity contribution in [1.29, 1.82) is 0 Å². The number of hydrogen-bond donors (Lipinski definition) is 0. The molecule has 0 saturated carbocycles. The van der Waals surface area contributed by atoms with E-state index in [1.54, 1.807) is 6.33 Å². The van der Waals surface area contributed by atoms with Crippen molar-refractivity contribution in [3.63, 3.8) is 0 Å². The molecule has 1 heterocycles. The molecule has 1 aromatic heterocycles. The molecule has 114 valence electrons. The first-order valence-corrected chi connectivity index (χ1v) is 8.07. The van der Waals surface area contributed by atoms with Crippen molar-refractivity contribution in [2.24, 2.45) is 0 Å². The Morgan fingerprint density at radius 2 is 1.67 bits per heavy atom. The fourth-order valence-corrected chi connectivity index (χ4v) is 3.57. The topological polar surface area (TPSA) is 30.7 Å². The van der Waals surface area contributed by atoms with E-state index in [1.807, 2.05) is 18.2 Å². The Hall–Kier alpha value is -3.20. The number of allylic oxidation sites excluding steroid dienone is 1. The van der Waals surface area contributed by atoms with Crippen LogP contribution in [0.5, 0.6) is 0 Å². The molecule has 0 aliphatic heterocycles. The molecule has 4 aromatic rings. The fraction of sp³-hybridized carbons (Fsp3) is 0.0476. The van der Waals surface area contributed by atoms with E-state index in [9.17, 15) is 0 Å². The van der Waals surface area contributed by atoms with Crippen LogP contribution in [0.25, 0.3) is 22.5 Å². The number of rotatable bonds is 2. The molecule has 0 spiro atoms. The molecular weight excluding hydrogens is 294 g/mol. The highest BCUT2D eigenvalue weighted by Crippen LogP contribution is 2.37. The van der Waals surface area contributed by atoms with Crippen molar-refractivity contribution in [3.05, 3.63) is 96.1 Å². The van der Waals surface area contributed by atoms with Crippen molar-refractivity contribution in [3.8, 4) is 5.69 Å². The fourth-order valence-electron chi connectivity index (χ4n) is 3.57. The Balaban J connectivity index is 1.72. The summed E-state index contributed by atoms with van der Waals surface area (Å²) in [5, 5.41) is 11.2. The van der Waals surface area contributed by atoms with E-state index in [0.29, 0.717) is 0 Å². The van der Waals surface area contributed by atoms with Crippen molar-refractivity contribution in [2.75, 3.05) is 0 Å². The molecule has 1 unspecified atom stereocenters. The number of hydrogen-bond acceptors (Lipinski definition) is 2. The van der Waals surface area contributed by atoms with E-state index in [-0.39, 0.29) is 5.92 Å². The zero-order valence-electron chi connectivity index (χ0n) is 13.0. The van der Waals surface area contributed by atoms with Crippen LogP contribution in [-0.2, 0) is 0 Å². The minimum absolute atomic E-state index is 0.103. The Bertz CT molecular complexity index is 1060. The monoisotopic (exact) mass is 309 g/mol. The highest BCUT2D eigenvalue weighted by Gasteiger charge is 2.23. The van der Waals surface area contributed by atoms with Crippen molar-refractivity contribution >= 4 is 16.8 Å². The van der Waals surface area contributed by atoms with E-state index >= 15 is 0 Å². The Labute approximate surface area is 139 Å². The number of benzene rings is 3. The van der Waals surface area contributed by atoms with E-state index in [0.717, 1.165) is 11.5 Å². The third-order valence-electron chi connectivity index (χ3n) is 4.66. The second-order valence-electron chi connectivity index (χ2n) is 6.02. The van der Waals surface area contributed by atoms with Crippen LogP contribution in [0.4, 0.5) is 0 Å². The van der Waals surface area contributed by atoms with Crippen LogP contribution in [-0.4, -0.2) is 14.8 Å². The molecule has 0 bridgehead atoms. The summed E-state index contributed by atoms with van der Waals surface area (Å²) in [5.74, 6) is 1.05. The van der Waals surface area contributed by atoms with Gasteiger partial charge in [0.05, 0.1) is 5.92 Å². The zero-order chi connectivity index (χ0) is 15.9. The van der Waals surface area contributed by atoms with Gasteiger partial charge >= 0.3 is 0 Å². The Kier molecular flexibility index (Phi) is 2.85. The second kappa shape index (κ2) is 5.17. The van der Waals surface area contributed by atoms with Gasteiger partial charge in [0.15, 0.2) is 0 Å². The standard InChI is InChI=1S/C21H15N3/c1-2-9-17(10-3-1)24-14-22-23-21(24)19-13-12-16-7-4-6-15-8-5-11-18(19)20(15)16/h1-14,19H. The van der Waals surface area contributed by atoms with Crippen LogP contribution in [0.1, 0.15) is 22.9 Å². The third kappa shape index (κ3) is 1.91. The molecule has 24 heavy (non-hydrogen) atoms. The molecule has 3 nitrogen and oxygen atoms in total. The van der Waals surface area contributed by atoms with Gasteiger partial charge in [-0.05, 0) is 34.0 Å². The molecule has 1 aliphatic rings. The maximum atomic E-state index is 4.44. The maximum Gasteiger partial charge on any atom is 0.148 e. The lowest BCUT2D eigenvalue weighted by molar-refractivity contribution is 0.840. The van der Waals surface area contributed by atoms with Crippen molar-refractivity contribution < 1.29 is 0 Å². The predicted molar refractivity (Wildman–Crippen MR) is 96.2 cm³/mol. The van der Waals surface area contributed by atoms with Gasteiger partial charge in [0.2, 0.25) is 0 Å². The summed E-state index contributed by atoms with van der Waals surface area (Å²) in [6.07, 6.45) is 6.21. The largest absolute Gasteiger partial charge is 0.285 e. The summed E-state index contributed by atoms with van der Waals surface area (Å²) in [5.41, 5.74) is 3.64. The molecule has 5 rings (SSSR count). The zero-order valence-corrected chi connectivity index (χ0v) is 13.0. The van der Waals surface area contributed by atoms with Gasteiger partial charge in [-0.15, -0.1) is 10.2 Å².